The number of rotatable bonds is 7. The smallest absolute Gasteiger partial charge is 0.338 e. The molecule has 1 N–H and O–H groups in total. The van der Waals surface area contributed by atoms with Crippen LogP contribution in [0.2, 0.25) is 19.6 Å². The highest BCUT2D eigenvalue weighted by Gasteiger charge is 2.42. The summed E-state index contributed by atoms with van der Waals surface area (Å²) in [6.07, 6.45) is -0.779. The van der Waals surface area contributed by atoms with Crippen LogP contribution in [0.1, 0.15) is 33.5 Å². The molecule has 0 saturated carbocycles. The largest absolute Gasteiger partial charge is 0.462 e. The standard InChI is InChI=1S/C25H28O3Si/c1-29(2,3)25(28-24(27)21-17-11-6-12-18-21)22(19-13-7-4-8-14-19)23(26)20-15-9-5-10-16-20/h4-18,22-23,25-26H,1-3H3/t22-,23-,25+/m0/s1. The van der Waals surface area contributed by atoms with E-state index in [1.807, 2.05) is 78.9 Å². The van der Waals surface area contributed by atoms with E-state index in [1.165, 1.54) is 0 Å². The van der Waals surface area contributed by atoms with Crippen molar-refractivity contribution in [2.45, 2.75) is 37.4 Å². The van der Waals surface area contributed by atoms with Crippen LogP contribution in [0.25, 0.3) is 0 Å². The molecule has 0 fully saturated rings. The highest BCUT2D eigenvalue weighted by molar-refractivity contribution is 6.77. The second-order valence-corrected chi connectivity index (χ2v) is 13.7. The second-order valence-electron chi connectivity index (χ2n) is 8.35. The summed E-state index contributed by atoms with van der Waals surface area (Å²) in [6, 6.07) is 28.5. The molecule has 0 amide bonds. The number of aliphatic hydroxyl groups is 1. The Morgan fingerprint density at radius 1 is 0.759 bits per heavy atom. The molecular formula is C25H28O3Si. The summed E-state index contributed by atoms with van der Waals surface area (Å²) < 4.78 is 6.12. The van der Waals surface area contributed by atoms with Gasteiger partial charge in [-0.05, 0) is 23.3 Å². The van der Waals surface area contributed by atoms with E-state index in [2.05, 4.69) is 19.6 Å². The maximum absolute atomic E-state index is 12.9. The predicted octanol–water partition coefficient (Wildman–Crippen LogP) is 5.61. The summed E-state index contributed by atoms with van der Waals surface area (Å²) in [5.41, 5.74) is 1.92. The van der Waals surface area contributed by atoms with Gasteiger partial charge in [0.2, 0.25) is 0 Å². The van der Waals surface area contributed by atoms with Crippen molar-refractivity contribution in [3.05, 3.63) is 108 Å². The minimum Gasteiger partial charge on any atom is -0.462 e. The number of benzene rings is 3. The third kappa shape index (κ3) is 5.22. The van der Waals surface area contributed by atoms with Gasteiger partial charge in [-0.2, -0.15) is 0 Å². The van der Waals surface area contributed by atoms with Crippen LogP contribution >= 0.6 is 0 Å². The Balaban J connectivity index is 2.02. The predicted molar refractivity (Wildman–Crippen MR) is 120 cm³/mol. The summed E-state index contributed by atoms with van der Waals surface area (Å²) in [4.78, 5) is 12.9. The van der Waals surface area contributed by atoms with Gasteiger partial charge in [-0.1, -0.05) is 98.5 Å². The number of esters is 1. The van der Waals surface area contributed by atoms with Gasteiger partial charge in [0.15, 0.2) is 0 Å². The third-order valence-electron chi connectivity index (χ3n) is 5.09. The lowest BCUT2D eigenvalue weighted by molar-refractivity contribution is 0.0231. The average molecular weight is 405 g/mol. The number of aliphatic hydroxyl groups excluding tert-OH is 1. The molecule has 3 rings (SSSR count). The van der Waals surface area contributed by atoms with E-state index in [0.29, 0.717) is 5.56 Å². The van der Waals surface area contributed by atoms with E-state index >= 15 is 0 Å². The van der Waals surface area contributed by atoms with Crippen LogP contribution in [0, 0.1) is 0 Å². The van der Waals surface area contributed by atoms with Crippen molar-refractivity contribution < 1.29 is 14.6 Å². The van der Waals surface area contributed by atoms with Gasteiger partial charge in [-0.15, -0.1) is 0 Å². The summed E-state index contributed by atoms with van der Waals surface area (Å²) in [5.74, 6) is -0.697. The molecule has 0 aliphatic heterocycles. The van der Waals surface area contributed by atoms with E-state index in [0.717, 1.165) is 11.1 Å². The fraction of sp³-hybridized carbons (Fsp3) is 0.240. The van der Waals surface area contributed by atoms with Crippen molar-refractivity contribution in [1.82, 2.24) is 0 Å². The minimum absolute atomic E-state index is 0.348. The lowest BCUT2D eigenvalue weighted by atomic mass is 9.89. The number of ether oxygens (including phenoxy) is 1. The van der Waals surface area contributed by atoms with Crippen molar-refractivity contribution >= 4 is 14.0 Å². The highest BCUT2D eigenvalue weighted by atomic mass is 28.3. The SMILES string of the molecule is C[Si](C)(C)[C@@H](OC(=O)c1ccccc1)[C@@H](c1ccccc1)[C@@H](O)c1ccccc1. The van der Waals surface area contributed by atoms with E-state index in [1.54, 1.807) is 12.1 Å². The van der Waals surface area contributed by atoms with Crippen LogP contribution in [0.3, 0.4) is 0 Å². The summed E-state index contributed by atoms with van der Waals surface area (Å²) in [7, 11) is -2.03. The maximum Gasteiger partial charge on any atom is 0.338 e. The molecule has 3 aromatic rings. The molecular weight excluding hydrogens is 376 g/mol. The van der Waals surface area contributed by atoms with Gasteiger partial charge in [0.25, 0.3) is 0 Å². The van der Waals surface area contributed by atoms with Gasteiger partial charge in [-0.3, -0.25) is 0 Å². The molecule has 0 spiro atoms. The van der Waals surface area contributed by atoms with Gasteiger partial charge in [-0.25, -0.2) is 4.79 Å². The first-order valence-electron chi connectivity index (χ1n) is 9.92. The zero-order valence-electron chi connectivity index (χ0n) is 17.2. The molecule has 4 heteroatoms. The molecule has 0 bridgehead atoms. The van der Waals surface area contributed by atoms with Crippen LogP contribution in [-0.4, -0.2) is 24.9 Å². The van der Waals surface area contributed by atoms with Gasteiger partial charge in [0.1, 0.15) is 0 Å². The maximum atomic E-state index is 12.9. The number of carbonyl (C=O) groups is 1. The molecule has 0 unspecified atom stereocenters. The molecule has 0 heterocycles. The van der Waals surface area contributed by atoms with Crippen molar-refractivity contribution in [2.75, 3.05) is 0 Å². The lowest BCUT2D eigenvalue weighted by Gasteiger charge is -2.38. The topological polar surface area (TPSA) is 46.5 Å². The molecule has 0 aliphatic rings. The molecule has 3 atom stereocenters. The van der Waals surface area contributed by atoms with Crippen LogP contribution < -0.4 is 0 Å². The normalized spacial score (nSPS) is 14.6. The molecule has 3 nitrogen and oxygen atoms in total. The molecule has 3 aromatic carbocycles. The molecule has 0 radical (unpaired) electrons. The first-order chi connectivity index (χ1) is 13.9. The Labute approximate surface area is 174 Å². The Hall–Kier alpha value is -2.69. The van der Waals surface area contributed by atoms with Crippen LogP contribution in [0.15, 0.2) is 91.0 Å². The van der Waals surface area contributed by atoms with Crippen molar-refractivity contribution in [3.63, 3.8) is 0 Å². The van der Waals surface area contributed by atoms with E-state index in [9.17, 15) is 9.90 Å². The minimum atomic E-state index is -2.03. The molecule has 29 heavy (non-hydrogen) atoms. The first kappa shape index (κ1) is 21.0. The number of carbonyl (C=O) groups excluding carboxylic acids is 1. The summed E-state index contributed by atoms with van der Waals surface area (Å²) in [5, 5.41) is 11.4. The quantitative estimate of drug-likeness (QED) is 0.411. The Bertz CT molecular complexity index is 905. The zero-order valence-corrected chi connectivity index (χ0v) is 18.2. The highest BCUT2D eigenvalue weighted by Crippen LogP contribution is 2.39. The van der Waals surface area contributed by atoms with E-state index in [-0.39, 0.29) is 11.9 Å². The fourth-order valence-electron chi connectivity index (χ4n) is 3.60. The lowest BCUT2D eigenvalue weighted by Crippen LogP contribution is -2.47. The summed E-state index contributed by atoms with van der Waals surface area (Å²) >= 11 is 0. The second kappa shape index (κ2) is 9.20. The van der Waals surface area contributed by atoms with Crippen LogP contribution in [0.4, 0.5) is 0 Å². The third-order valence-corrected chi connectivity index (χ3v) is 7.27. The Morgan fingerprint density at radius 3 is 1.69 bits per heavy atom. The van der Waals surface area contributed by atoms with E-state index in [4.69, 9.17) is 4.74 Å². The Morgan fingerprint density at radius 2 is 1.21 bits per heavy atom. The van der Waals surface area contributed by atoms with Gasteiger partial charge < -0.3 is 9.84 Å². The molecule has 0 saturated heterocycles. The van der Waals surface area contributed by atoms with Crippen molar-refractivity contribution in [3.8, 4) is 0 Å². The van der Waals surface area contributed by atoms with E-state index < -0.39 is 19.9 Å². The summed E-state index contributed by atoms with van der Waals surface area (Å²) in [6.45, 7) is 6.51. The fourth-order valence-corrected chi connectivity index (χ4v) is 5.51. The van der Waals surface area contributed by atoms with Gasteiger partial charge >= 0.3 is 5.97 Å². The first-order valence-corrected chi connectivity index (χ1v) is 13.5. The average Bonchev–Trinajstić information content (AvgIpc) is 2.74. The van der Waals surface area contributed by atoms with Crippen LogP contribution in [-0.2, 0) is 4.74 Å². The van der Waals surface area contributed by atoms with Crippen LogP contribution in [0.5, 0.6) is 0 Å². The molecule has 0 aromatic heterocycles. The zero-order chi connectivity index (χ0) is 20.9. The number of hydrogen-bond acceptors (Lipinski definition) is 3. The van der Waals surface area contributed by atoms with Gasteiger partial charge in [0.05, 0.1) is 25.5 Å². The number of hydrogen-bond donors (Lipinski definition) is 1. The van der Waals surface area contributed by atoms with Crippen molar-refractivity contribution in [1.29, 1.82) is 0 Å². The molecule has 150 valence electrons. The van der Waals surface area contributed by atoms with Crippen molar-refractivity contribution in [2.24, 2.45) is 0 Å². The Kier molecular flexibility index (Phi) is 6.67. The molecule has 0 aliphatic carbocycles. The van der Waals surface area contributed by atoms with Gasteiger partial charge in [0, 0.05) is 5.92 Å². The monoisotopic (exact) mass is 404 g/mol.